The zero-order valence-corrected chi connectivity index (χ0v) is 14.8. The maximum atomic E-state index is 12.3. The highest BCUT2D eigenvalue weighted by molar-refractivity contribution is 5.76. The molecule has 1 N–H and O–H groups in total. The van der Waals surface area contributed by atoms with Gasteiger partial charge in [0.15, 0.2) is 5.76 Å². The molecule has 0 radical (unpaired) electrons. The first kappa shape index (κ1) is 17.7. The fourth-order valence-electron chi connectivity index (χ4n) is 2.75. The normalized spacial score (nSPS) is 10.5. The Morgan fingerprint density at radius 2 is 1.96 bits per heavy atom. The summed E-state index contributed by atoms with van der Waals surface area (Å²) in [7, 11) is 0. The molecule has 0 saturated heterocycles. The molecule has 5 heteroatoms. The van der Waals surface area contributed by atoms with Crippen LogP contribution in [0.5, 0.6) is 5.75 Å². The average molecular weight is 350 g/mol. The summed E-state index contributed by atoms with van der Waals surface area (Å²) in [6, 6.07) is 15.3. The number of ether oxygens (including phenoxy) is 1. The molecule has 2 heterocycles. The molecule has 3 rings (SSSR count). The number of benzene rings is 1. The van der Waals surface area contributed by atoms with Crippen molar-refractivity contribution in [2.45, 2.75) is 26.3 Å². The monoisotopic (exact) mass is 350 g/mol. The molecule has 0 fully saturated rings. The van der Waals surface area contributed by atoms with Crippen LogP contribution in [0.1, 0.15) is 24.5 Å². The maximum Gasteiger partial charge on any atom is 0.220 e. The lowest BCUT2D eigenvalue weighted by atomic mass is 10.1. The van der Waals surface area contributed by atoms with Gasteiger partial charge < -0.3 is 14.5 Å². The largest absolute Gasteiger partial charge is 0.494 e. The molecular formula is C21H22N2O3. The van der Waals surface area contributed by atoms with Gasteiger partial charge in [0.25, 0.3) is 0 Å². The van der Waals surface area contributed by atoms with E-state index in [1.807, 2.05) is 55.5 Å². The van der Waals surface area contributed by atoms with Crippen LogP contribution in [0.15, 0.2) is 65.4 Å². The molecule has 1 aromatic carbocycles. The van der Waals surface area contributed by atoms with Gasteiger partial charge >= 0.3 is 0 Å². The number of furan rings is 1. The molecule has 2 aromatic heterocycles. The summed E-state index contributed by atoms with van der Waals surface area (Å²) >= 11 is 0. The Morgan fingerprint density at radius 1 is 1.12 bits per heavy atom. The SMILES string of the molecule is CCOc1ccccc1CCC(=O)NCc1cccnc1-c1ccco1. The highest BCUT2D eigenvalue weighted by atomic mass is 16.5. The van der Waals surface area contributed by atoms with Crippen molar-refractivity contribution in [2.75, 3.05) is 6.61 Å². The van der Waals surface area contributed by atoms with Crippen LogP contribution in [0.3, 0.4) is 0 Å². The second-order valence-electron chi connectivity index (χ2n) is 5.81. The van der Waals surface area contributed by atoms with Crippen LogP contribution in [0.2, 0.25) is 0 Å². The molecule has 0 unspecified atom stereocenters. The third-order valence-corrected chi connectivity index (χ3v) is 4.02. The molecule has 26 heavy (non-hydrogen) atoms. The van der Waals surface area contributed by atoms with Crippen LogP contribution in [-0.2, 0) is 17.8 Å². The minimum Gasteiger partial charge on any atom is -0.494 e. The van der Waals surface area contributed by atoms with E-state index in [1.54, 1.807) is 12.5 Å². The summed E-state index contributed by atoms with van der Waals surface area (Å²) in [4.78, 5) is 16.6. The Balaban J connectivity index is 1.57. The highest BCUT2D eigenvalue weighted by Gasteiger charge is 2.11. The second kappa shape index (κ2) is 8.85. The first-order chi connectivity index (χ1) is 12.8. The molecule has 1 amide bonds. The van der Waals surface area contributed by atoms with E-state index in [9.17, 15) is 4.79 Å². The summed E-state index contributed by atoms with van der Waals surface area (Å²) in [5.74, 6) is 1.53. The van der Waals surface area contributed by atoms with Gasteiger partial charge in [-0.15, -0.1) is 0 Å². The number of pyridine rings is 1. The number of hydrogen-bond acceptors (Lipinski definition) is 4. The lowest BCUT2D eigenvalue weighted by molar-refractivity contribution is -0.121. The summed E-state index contributed by atoms with van der Waals surface area (Å²) in [5, 5.41) is 2.96. The van der Waals surface area contributed by atoms with E-state index in [1.165, 1.54) is 0 Å². The van der Waals surface area contributed by atoms with Crippen LogP contribution in [0.4, 0.5) is 0 Å². The zero-order chi connectivity index (χ0) is 18.2. The van der Waals surface area contributed by atoms with Gasteiger partial charge in [0.2, 0.25) is 5.91 Å². The van der Waals surface area contributed by atoms with Crippen molar-refractivity contribution in [3.8, 4) is 17.2 Å². The average Bonchev–Trinajstić information content (AvgIpc) is 3.21. The van der Waals surface area contributed by atoms with Gasteiger partial charge in [0.1, 0.15) is 11.4 Å². The van der Waals surface area contributed by atoms with Crippen molar-refractivity contribution in [1.29, 1.82) is 0 Å². The Morgan fingerprint density at radius 3 is 2.77 bits per heavy atom. The number of nitrogens with one attached hydrogen (secondary N) is 1. The molecule has 134 valence electrons. The van der Waals surface area contributed by atoms with E-state index >= 15 is 0 Å². The quantitative estimate of drug-likeness (QED) is 0.667. The van der Waals surface area contributed by atoms with Crippen molar-refractivity contribution < 1.29 is 13.9 Å². The highest BCUT2D eigenvalue weighted by Crippen LogP contribution is 2.22. The lowest BCUT2D eigenvalue weighted by Gasteiger charge is -2.11. The van der Waals surface area contributed by atoms with Crippen LogP contribution >= 0.6 is 0 Å². The van der Waals surface area contributed by atoms with E-state index < -0.39 is 0 Å². The molecule has 5 nitrogen and oxygen atoms in total. The number of hydrogen-bond donors (Lipinski definition) is 1. The molecule has 0 bridgehead atoms. The van der Waals surface area contributed by atoms with Crippen molar-refractivity contribution in [2.24, 2.45) is 0 Å². The van der Waals surface area contributed by atoms with Crippen molar-refractivity contribution in [1.82, 2.24) is 10.3 Å². The summed E-state index contributed by atoms with van der Waals surface area (Å²) in [6.07, 6.45) is 4.37. The van der Waals surface area contributed by atoms with Crippen LogP contribution in [0, 0.1) is 0 Å². The van der Waals surface area contributed by atoms with Gasteiger partial charge in [-0.3, -0.25) is 9.78 Å². The number of para-hydroxylation sites is 1. The van der Waals surface area contributed by atoms with Crippen molar-refractivity contribution >= 4 is 5.91 Å². The predicted molar refractivity (Wildman–Crippen MR) is 99.7 cm³/mol. The number of aromatic nitrogens is 1. The topological polar surface area (TPSA) is 64.4 Å². The van der Waals surface area contributed by atoms with E-state index in [-0.39, 0.29) is 5.91 Å². The van der Waals surface area contributed by atoms with Gasteiger partial charge in [-0.1, -0.05) is 24.3 Å². The smallest absolute Gasteiger partial charge is 0.220 e. The summed E-state index contributed by atoms with van der Waals surface area (Å²) < 4.78 is 11.0. The summed E-state index contributed by atoms with van der Waals surface area (Å²) in [6.45, 7) is 2.98. The van der Waals surface area contributed by atoms with Crippen molar-refractivity contribution in [3.63, 3.8) is 0 Å². The number of amides is 1. The van der Waals surface area contributed by atoms with E-state index in [0.29, 0.717) is 31.8 Å². The maximum absolute atomic E-state index is 12.3. The lowest BCUT2D eigenvalue weighted by Crippen LogP contribution is -2.23. The first-order valence-corrected chi connectivity index (χ1v) is 8.73. The van der Waals surface area contributed by atoms with Gasteiger partial charge in [-0.2, -0.15) is 0 Å². The molecule has 0 aliphatic heterocycles. The molecule has 3 aromatic rings. The molecule has 0 atom stereocenters. The van der Waals surface area contributed by atoms with Crippen LogP contribution in [0.25, 0.3) is 11.5 Å². The number of aryl methyl sites for hydroxylation is 1. The fourth-order valence-corrected chi connectivity index (χ4v) is 2.75. The first-order valence-electron chi connectivity index (χ1n) is 8.73. The summed E-state index contributed by atoms with van der Waals surface area (Å²) in [5.41, 5.74) is 2.71. The minimum atomic E-state index is -0.00875. The molecule has 0 aliphatic carbocycles. The van der Waals surface area contributed by atoms with Gasteiger partial charge in [0, 0.05) is 24.7 Å². The number of rotatable bonds is 8. The van der Waals surface area contributed by atoms with Crippen LogP contribution in [-0.4, -0.2) is 17.5 Å². The molecular weight excluding hydrogens is 328 g/mol. The predicted octanol–water partition coefficient (Wildman–Crippen LogP) is 3.99. The Hall–Kier alpha value is -3.08. The Labute approximate surface area is 153 Å². The zero-order valence-electron chi connectivity index (χ0n) is 14.8. The third-order valence-electron chi connectivity index (χ3n) is 4.02. The molecule has 0 aliphatic rings. The second-order valence-corrected chi connectivity index (χ2v) is 5.81. The Bertz CT molecular complexity index is 844. The number of nitrogens with zero attached hydrogens (tertiary/aromatic N) is 1. The van der Waals surface area contributed by atoms with Gasteiger partial charge in [-0.25, -0.2) is 0 Å². The Kier molecular flexibility index (Phi) is 6.04. The van der Waals surface area contributed by atoms with Crippen LogP contribution < -0.4 is 10.1 Å². The third kappa shape index (κ3) is 4.51. The minimum absolute atomic E-state index is 0.00875. The fraction of sp³-hybridized carbons (Fsp3) is 0.238. The molecule has 0 saturated carbocycles. The van der Waals surface area contributed by atoms with Gasteiger partial charge in [0.05, 0.1) is 12.9 Å². The standard InChI is InChI=1S/C21H22N2O3/c1-2-25-18-9-4-3-7-16(18)11-12-20(24)23-15-17-8-5-13-22-21(17)19-10-6-14-26-19/h3-10,13-14H,2,11-12,15H2,1H3,(H,23,24). The van der Waals surface area contributed by atoms with E-state index in [4.69, 9.17) is 9.15 Å². The van der Waals surface area contributed by atoms with Gasteiger partial charge in [-0.05, 0) is 43.2 Å². The van der Waals surface area contributed by atoms with E-state index in [2.05, 4.69) is 10.3 Å². The molecule has 0 spiro atoms. The number of carbonyl (C=O) groups excluding carboxylic acids is 1. The van der Waals surface area contributed by atoms with E-state index in [0.717, 1.165) is 22.6 Å². The number of carbonyl (C=O) groups is 1. The van der Waals surface area contributed by atoms with Crippen molar-refractivity contribution in [3.05, 3.63) is 72.1 Å².